The fourth-order valence-electron chi connectivity index (χ4n) is 6.49. The second-order valence-corrected chi connectivity index (χ2v) is 10.6. The minimum absolute atomic E-state index is 0.527. The molecule has 0 aliphatic heterocycles. The summed E-state index contributed by atoms with van der Waals surface area (Å²) in [5.74, 6) is 4.81. The molecular formula is C23H27BrClNO. The molecule has 6 rings (SSSR count). The molecule has 4 aliphatic rings. The van der Waals surface area contributed by atoms with Gasteiger partial charge in [-0.2, -0.15) is 0 Å². The van der Waals surface area contributed by atoms with Crippen LogP contribution in [0.3, 0.4) is 0 Å². The number of halogens is 2. The molecule has 1 aromatic carbocycles. The highest BCUT2D eigenvalue weighted by Crippen LogP contribution is 2.61. The minimum Gasteiger partial charge on any atom is -0.460 e. The van der Waals surface area contributed by atoms with E-state index in [-0.39, 0.29) is 0 Å². The summed E-state index contributed by atoms with van der Waals surface area (Å²) in [6.07, 6.45) is 8.81. The zero-order valence-corrected chi connectivity index (χ0v) is 18.2. The van der Waals surface area contributed by atoms with Crippen LogP contribution in [0.1, 0.15) is 51.2 Å². The number of rotatable bonds is 5. The van der Waals surface area contributed by atoms with E-state index in [9.17, 15) is 0 Å². The smallest absolute Gasteiger partial charge is 0.135 e. The van der Waals surface area contributed by atoms with Gasteiger partial charge in [0.2, 0.25) is 0 Å². The predicted molar refractivity (Wildman–Crippen MR) is 114 cm³/mol. The van der Waals surface area contributed by atoms with Gasteiger partial charge in [-0.25, -0.2) is 0 Å². The highest BCUT2D eigenvalue weighted by atomic mass is 79.9. The van der Waals surface area contributed by atoms with Crippen molar-refractivity contribution in [1.29, 1.82) is 0 Å². The van der Waals surface area contributed by atoms with E-state index in [1.165, 1.54) is 38.5 Å². The van der Waals surface area contributed by atoms with E-state index in [0.29, 0.717) is 16.5 Å². The van der Waals surface area contributed by atoms with Crippen LogP contribution >= 0.6 is 27.5 Å². The van der Waals surface area contributed by atoms with E-state index in [1.807, 2.05) is 24.3 Å². The molecule has 1 aromatic heterocycles. The Morgan fingerprint density at radius 3 is 2.41 bits per heavy atom. The van der Waals surface area contributed by atoms with E-state index in [2.05, 4.69) is 34.2 Å². The van der Waals surface area contributed by atoms with Crippen LogP contribution in [0, 0.1) is 23.2 Å². The van der Waals surface area contributed by atoms with Gasteiger partial charge in [0.1, 0.15) is 11.5 Å². The maximum atomic E-state index is 6.37. The van der Waals surface area contributed by atoms with Crippen molar-refractivity contribution in [2.75, 3.05) is 0 Å². The number of furan rings is 1. The third-order valence-corrected chi connectivity index (χ3v) is 8.25. The van der Waals surface area contributed by atoms with Gasteiger partial charge in [-0.3, -0.25) is 0 Å². The average molecular weight is 449 g/mol. The van der Waals surface area contributed by atoms with Crippen molar-refractivity contribution >= 4 is 27.5 Å². The molecule has 27 heavy (non-hydrogen) atoms. The van der Waals surface area contributed by atoms with Gasteiger partial charge in [-0.05, 0) is 98.9 Å². The first-order chi connectivity index (χ1) is 13.0. The quantitative estimate of drug-likeness (QED) is 0.530. The zero-order valence-electron chi connectivity index (χ0n) is 15.8. The molecule has 4 aliphatic carbocycles. The Hall–Kier alpha value is -0.770. The maximum absolute atomic E-state index is 6.37. The van der Waals surface area contributed by atoms with Gasteiger partial charge in [0, 0.05) is 16.1 Å². The molecule has 0 radical (unpaired) electrons. The molecule has 1 heterocycles. The lowest BCUT2D eigenvalue weighted by molar-refractivity contribution is -0.0708. The van der Waals surface area contributed by atoms with Crippen molar-refractivity contribution in [3.63, 3.8) is 0 Å². The molecule has 1 N–H and O–H groups in total. The van der Waals surface area contributed by atoms with E-state index in [0.717, 1.165) is 45.9 Å². The monoisotopic (exact) mass is 447 g/mol. The third kappa shape index (κ3) is 3.41. The van der Waals surface area contributed by atoms with Gasteiger partial charge in [-0.1, -0.05) is 27.5 Å². The fourth-order valence-corrected chi connectivity index (χ4v) is 7.25. The standard InChI is InChI=1S/C23H27BrClNO/c1-14(23-10-15-6-16(11-23)8-17(7-15)12-23)26-13-19-3-5-22(27-19)20-4-2-18(24)9-21(20)25/h2-5,9,14-17,26H,6-8,10-13H2,1H3. The molecule has 1 unspecified atom stereocenters. The van der Waals surface area contributed by atoms with Crippen molar-refractivity contribution in [3.05, 3.63) is 45.6 Å². The van der Waals surface area contributed by atoms with Crippen LogP contribution in [0.25, 0.3) is 11.3 Å². The zero-order chi connectivity index (χ0) is 18.6. The average Bonchev–Trinajstić information content (AvgIpc) is 3.07. The molecule has 2 aromatic rings. The Morgan fingerprint density at radius 1 is 1.11 bits per heavy atom. The summed E-state index contributed by atoms with van der Waals surface area (Å²) in [7, 11) is 0. The highest BCUT2D eigenvalue weighted by Gasteiger charge is 2.52. The van der Waals surface area contributed by atoms with Crippen LogP contribution in [-0.2, 0) is 6.54 Å². The second-order valence-electron chi connectivity index (χ2n) is 9.27. The maximum Gasteiger partial charge on any atom is 0.135 e. The molecule has 4 fully saturated rings. The third-order valence-electron chi connectivity index (χ3n) is 7.44. The summed E-state index contributed by atoms with van der Waals surface area (Å²) in [6.45, 7) is 3.19. The molecule has 1 atom stereocenters. The lowest BCUT2D eigenvalue weighted by atomic mass is 9.48. The Balaban J connectivity index is 1.26. The Bertz CT molecular complexity index is 809. The fraction of sp³-hybridized carbons (Fsp3) is 0.565. The van der Waals surface area contributed by atoms with Crippen molar-refractivity contribution in [1.82, 2.24) is 5.32 Å². The van der Waals surface area contributed by atoms with Crippen LogP contribution in [0.5, 0.6) is 0 Å². The van der Waals surface area contributed by atoms with Crippen molar-refractivity contribution in [3.8, 4) is 11.3 Å². The summed E-state index contributed by atoms with van der Waals surface area (Å²) in [6, 6.07) is 10.6. The van der Waals surface area contributed by atoms with Crippen LogP contribution in [0.15, 0.2) is 39.2 Å². The van der Waals surface area contributed by atoms with Crippen molar-refractivity contribution in [2.45, 2.75) is 58.0 Å². The highest BCUT2D eigenvalue weighted by molar-refractivity contribution is 9.10. The Morgan fingerprint density at radius 2 is 1.78 bits per heavy atom. The molecule has 4 heteroatoms. The lowest BCUT2D eigenvalue weighted by Gasteiger charge is -2.59. The summed E-state index contributed by atoms with van der Waals surface area (Å²) in [4.78, 5) is 0. The summed E-state index contributed by atoms with van der Waals surface area (Å²) in [5, 5.41) is 4.52. The molecule has 144 valence electrons. The second kappa shape index (κ2) is 6.93. The SMILES string of the molecule is CC(NCc1ccc(-c2ccc(Br)cc2Cl)o1)C12CC3CC(CC(C3)C1)C2. The van der Waals surface area contributed by atoms with Crippen molar-refractivity contribution < 1.29 is 4.42 Å². The number of hydrogen-bond acceptors (Lipinski definition) is 2. The molecule has 0 spiro atoms. The van der Waals surface area contributed by atoms with Crippen LogP contribution < -0.4 is 5.32 Å². The van der Waals surface area contributed by atoms with E-state index >= 15 is 0 Å². The van der Waals surface area contributed by atoms with E-state index in [1.54, 1.807) is 0 Å². The molecule has 2 nitrogen and oxygen atoms in total. The first-order valence-corrected chi connectivity index (χ1v) is 11.5. The van der Waals surface area contributed by atoms with Crippen LogP contribution in [0.2, 0.25) is 5.02 Å². The Labute approximate surface area is 175 Å². The normalized spacial score (nSPS) is 32.8. The predicted octanol–water partition coefficient (Wildman–Crippen LogP) is 7.06. The van der Waals surface area contributed by atoms with Gasteiger partial charge in [0.15, 0.2) is 0 Å². The van der Waals surface area contributed by atoms with Gasteiger partial charge < -0.3 is 9.73 Å². The van der Waals surface area contributed by atoms with Crippen LogP contribution in [0.4, 0.5) is 0 Å². The molecule has 4 saturated carbocycles. The first kappa shape index (κ1) is 18.3. The topological polar surface area (TPSA) is 25.2 Å². The number of benzene rings is 1. The summed E-state index contributed by atoms with van der Waals surface area (Å²) < 4.78 is 7.08. The largest absolute Gasteiger partial charge is 0.460 e. The summed E-state index contributed by atoms with van der Waals surface area (Å²) in [5.41, 5.74) is 1.47. The summed E-state index contributed by atoms with van der Waals surface area (Å²) >= 11 is 9.83. The van der Waals surface area contributed by atoms with Gasteiger partial charge in [0.25, 0.3) is 0 Å². The van der Waals surface area contributed by atoms with Gasteiger partial charge >= 0.3 is 0 Å². The van der Waals surface area contributed by atoms with E-state index in [4.69, 9.17) is 16.0 Å². The van der Waals surface area contributed by atoms with Crippen molar-refractivity contribution in [2.24, 2.45) is 23.2 Å². The molecule has 4 bridgehead atoms. The molecule has 0 amide bonds. The Kier molecular flexibility index (Phi) is 4.69. The minimum atomic E-state index is 0.527. The lowest BCUT2D eigenvalue weighted by Crippen LogP contribution is -2.54. The van der Waals surface area contributed by atoms with Crippen LogP contribution in [-0.4, -0.2) is 6.04 Å². The van der Waals surface area contributed by atoms with Gasteiger partial charge in [-0.15, -0.1) is 0 Å². The first-order valence-electron chi connectivity index (χ1n) is 10.3. The number of nitrogens with one attached hydrogen (secondary N) is 1. The van der Waals surface area contributed by atoms with E-state index < -0.39 is 0 Å². The number of hydrogen-bond donors (Lipinski definition) is 1. The molecular weight excluding hydrogens is 422 g/mol. The molecule has 0 saturated heterocycles. The van der Waals surface area contributed by atoms with Gasteiger partial charge in [0.05, 0.1) is 11.6 Å².